The van der Waals surface area contributed by atoms with E-state index in [-0.39, 0.29) is 16.8 Å². The van der Waals surface area contributed by atoms with Crippen molar-refractivity contribution >= 4 is 15.9 Å². The van der Waals surface area contributed by atoms with Crippen LogP contribution in [0.1, 0.15) is 55.3 Å². The second-order valence-corrected chi connectivity index (χ2v) is 9.39. The number of likely N-dealkylation sites (tertiary alicyclic amines) is 1. The highest BCUT2D eigenvalue weighted by molar-refractivity contribution is 7.89. The zero-order valence-corrected chi connectivity index (χ0v) is 18.5. The van der Waals surface area contributed by atoms with E-state index in [0.29, 0.717) is 25.2 Å². The van der Waals surface area contributed by atoms with E-state index in [1.54, 1.807) is 32.2 Å². The molecule has 0 aliphatic carbocycles. The van der Waals surface area contributed by atoms with Crippen molar-refractivity contribution in [2.75, 3.05) is 32.7 Å². The molecule has 1 fully saturated rings. The van der Waals surface area contributed by atoms with Crippen LogP contribution < -0.4 is 5.32 Å². The van der Waals surface area contributed by atoms with Crippen molar-refractivity contribution in [1.82, 2.24) is 14.5 Å². The Kier molecular flexibility index (Phi) is 7.69. The molecule has 1 unspecified atom stereocenters. The van der Waals surface area contributed by atoms with Crippen LogP contribution in [-0.4, -0.2) is 56.3 Å². The Labute approximate surface area is 179 Å². The van der Waals surface area contributed by atoms with E-state index in [1.807, 2.05) is 12.1 Å². The summed E-state index contributed by atoms with van der Waals surface area (Å²) in [4.78, 5) is 15.3. The van der Waals surface area contributed by atoms with E-state index in [2.05, 4.69) is 10.2 Å². The Morgan fingerprint density at radius 3 is 2.50 bits per heavy atom. The highest BCUT2D eigenvalue weighted by atomic mass is 32.2. The molecule has 1 saturated heterocycles. The summed E-state index contributed by atoms with van der Waals surface area (Å²) in [5.41, 5.74) is 0.333. The quantitative estimate of drug-likeness (QED) is 0.656. The number of nitrogens with zero attached hydrogens (tertiary/aromatic N) is 2. The lowest BCUT2D eigenvalue weighted by Gasteiger charge is -2.33. The van der Waals surface area contributed by atoms with Gasteiger partial charge in [0, 0.05) is 25.2 Å². The fraction of sp³-hybridized carbons (Fsp3) is 0.500. The minimum atomic E-state index is -3.61. The molecule has 1 N–H and O–H groups in total. The van der Waals surface area contributed by atoms with Gasteiger partial charge in [0.25, 0.3) is 5.91 Å². The third kappa shape index (κ3) is 5.11. The molecule has 7 nitrogen and oxygen atoms in total. The molecule has 1 aliphatic heterocycles. The van der Waals surface area contributed by atoms with Gasteiger partial charge in [-0.1, -0.05) is 26.3 Å². The van der Waals surface area contributed by atoms with Crippen LogP contribution in [0.15, 0.2) is 52.0 Å². The summed E-state index contributed by atoms with van der Waals surface area (Å²) >= 11 is 0. The first-order valence-electron chi connectivity index (χ1n) is 10.6. The van der Waals surface area contributed by atoms with Gasteiger partial charge in [0.05, 0.1) is 17.2 Å². The SMILES string of the molecule is CCN(CC)S(=O)(=O)c1cccc(C(=O)NCC(c2ccco2)N2CCCCC2)c1. The largest absolute Gasteiger partial charge is 0.468 e. The number of hydrogen-bond donors (Lipinski definition) is 1. The average molecular weight is 434 g/mol. The molecule has 30 heavy (non-hydrogen) atoms. The van der Waals surface area contributed by atoms with Gasteiger partial charge in [-0.05, 0) is 56.3 Å². The van der Waals surface area contributed by atoms with E-state index in [4.69, 9.17) is 4.42 Å². The van der Waals surface area contributed by atoms with Crippen molar-refractivity contribution in [3.05, 3.63) is 54.0 Å². The maximum atomic E-state index is 12.8. The number of benzene rings is 1. The Morgan fingerprint density at radius 2 is 1.87 bits per heavy atom. The van der Waals surface area contributed by atoms with E-state index in [9.17, 15) is 13.2 Å². The normalized spacial score (nSPS) is 16.5. The standard InChI is InChI=1S/C22H31N3O4S/c1-3-25(4-2)30(27,28)19-11-8-10-18(16-19)22(26)23-17-20(21-12-9-15-29-21)24-13-6-5-7-14-24/h8-12,15-16,20H,3-7,13-14,17H2,1-2H3,(H,23,26). The summed E-state index contributed by atoms with van der Waals surface area (Å²) < 4.78 is 32.6. The molecule has 1 aliphatic rings. The van der Waals surface area contributed by atoms with Crippen LogP contribution in [0.3, 0.4) is 0 Å². The molecule has 8 heteroatoms. The number of amides is 1. The molecule has 1 aromatic carbocycles. The topological polar surface area (TPSA) is 82.9 Å². The Balaban J connectivity index is 1.73. The highest BCUT2D eigenvalue weighted by Gasteiger charge is 2.26. The lowest BCUT2D eigenvalue weighted by Crippen LogP contribution is -2.40. The molecular formula is C22H31N3O4S. The number of carbonyl (C=O) groups excluding carboxylic acids is 1. The lowest BCUT2D eigenvalue weighted by atomic mass is 10.1. The third-order valence-corrected chi connectivity index (χ3v) is 7.64. The lowest BCUT2D eigenvalue weighted by molar-refractivity contribution is 0.0914. The average Bonchev–Trinajstić information content (AvgIpc) is 3.30. The molecule has 3 rings (SSSR count). The minimum Gasteiger partial charge on any atom is -0.468 e. The number of furan rings is 1. The third-order valence-electron chi connectivity index (χ3n) is 5.60. The molecule has 1 aromatic heterocycles. The van der Waals surface area contributed by atoms with Crippen LogP contribution >= 0.6 is 0 Å². The minimum absolute atomic E-state index is 0.0353. The summed E-state index contributed by atoms with van der Waals surface area (Å²) in [7, 11) is -3.61. The zero-order valence-electron chi connectivity index (χ0n) is 17.7. The van der Waals surface area contributed by atoms with E-state index < -0.39 is 10.0 Å². The Bertz CT molecular complexity index is 918. The van der Waals surface area contributed by atoms with Crippen molar-refractivity contribution in [3.8, 4) is 0 Å². The van der Waals surface area contributed by atoms with Gasteiger partial charge in [-0.15, -0.1) is 0 Å². The maximum absolute atomic E-state index is 12.8. The summed E-state index contributed by atoms with van der Waals surface area (Å²) in [5.74, 6) is 0.537. The zero-order chi connectivity index (χ0) is 21.6. The number of piperidine rings is 1. The molecule has 0 saturated carbocycles. The maximum Gasteiger partial charge on any atom is 0.251 e. The summed E-state index contributed by atoms with van der Waals surface area (Å²) in [5, 5.41) is 2.97. The fourth-order valence-electron chi connectivity index (χ4n) is 3.92. The van der Waals surface area contributed by atoms with Gasteiger partial charge in [0.1, 0.15) is 5.76 Å². The summed E-state index contributed by atoms with van der Waals surface area (Å²) in [6.45, 7) is 6.71. The summed E-state index contributed by atoms with van der Waals surface area (Å²) in [6.07, 6.45) is 5.14. The number of carbonyl (C=O) groups is 1. The predicted octanol–water partition coefficient (Wildman–Crippen LogP) is 3.27. The van der Waals surface area contributed by atoms with Crippen LogP contribution in [-0.2, 0) is 10.0 Å². The summed E-state index contributed by atoms with van der Waals surface area (Å²) in [6, 6.07) is 9.99. The molecule has 1 atom stereocenters. The van der Waals surface area contributed by atoms with Gasteiger partial charge >= 0.3 is 0 Å². The highest BCUT2D eigenvalue weighted by Crippen LogP contribution is 2.25. The van der Waals surface area contributed by atoms with Gasteiger partial charge < -0.3 is 9.73 Å². The van der Waals surface area contributed by atoms with Crippen LogP contribution in [0.2, 0.25) is 0 Å². The van der Waals surface area contributed by atoms with Gasteiger partial charge in [-0.2, -0.15) is 4.31 Å². The molecular weight excluding hydrogens is 402 g/mol. The second-order valence-electron chi connectivity index (χ2n) is 7.46. The smallest absolute Gasteiger partial charge is 0.251 e. The van der Waals surface area contributed by atoms with Crippen molar-refractivity contribution in [1.29, 1.82) is 0 Å². The molecule has 0 radical (unpaired) electrons. The molecule has 1 amide bonds. The first-order chi connectivity index (χ1) is 14.5. The van der Waals surface area contributed by atoms with Crippen molar-refractivity contribution in [2.24, 2.45) is 0 Å². The first-order valence-corrected chi connectivity index (χ1v) is 12.1. The molecule has 0 spiro atoms. The van der Waals surface area contributed by atoms with Gasteiger partial charge in [0.15, 0.2) is 0 Å². The Morgan fingerprint density at radius 1 is 1.13 bits per heavy atom. The monoisotopic (exact) mass is 433 g/mol. The van der Waals surface area contributed by atoms with Gasteiger partial charge in [-0.3, -0.25) is 9.69 Å². The van der Waals surface area contributed by atoms with Crippen LogP contribution in [0, 0.1) is 0 Å². The van der Waals surface area contributed by atoms with E-state index >= 15 is 0 Å². The van der Waals surface area contributed by atoms with Crippen LogP contribution in [0.4, 0.5) is 0 Å². The molecule has 2 aromatic rings. The molecule has 2 heterocycles. The van der Waals surface area contributed by atoms with Crippen LogP contribution in [0.5, 0.6) is 0 Å². The number of rotatable bonds is 9. The predicted molar refractivity (Wildman–Crippen MR) is 116 cm³/mol. The first kappa shape index (κ1) is 22.5. The number of nitrogens with one attached hydrogen (secondary N) is 1. The van der Waals surface area contributed by atoms with E-state index in [1.165, 1.54) is 22.9 Å². The number of sulfonamides is 1. The second kappa shape index (κ2) is 10.2. The van der Waals surface area contributed by atoms with Gasteiger partial charge in [-0.25, -0.2) is 8.42 Å². The van der Waals surface area contributed by atoms with Crippen molar-refractivity contribution in [3.63, 3.8) is 0 Å². The van der Waals surface area contributed by atoms with Crippen LogP contribution in [0.25, 0.3) is 0 Å². The Hall–Kier alpha value is -2.16. The van der Waals surface area contributed by atoms with Crippen molar-refractivity contribution < 1.29 is 17.6 Å². The number of hydrogen-bond acceptors (Lipinski definition) is 5. The van der Waals surface area contributed by atoms with Gasteiger partial charge in [0.2, 0.25) is 10.0 Å². The van der Waals surface area contributed by atoms with Crippen molar-refractivity contribution in [2.45, 2.75) is 44.0 Å². The fourth-order valence-corrected chi connectivity index (χ4v) is 5.43. The molecule has 164 valence electrons. The van der Waals surface area contributed by atoms with E-state index in [0.717, 1.165) is 31.7 Å². The molecule has 0 bridgehead atoms.